The molecule has 0 fully saturated rings. The molecule has 0 saturated carbocycles. The molecule has 0 rings (SSSR count). The number of carbonyl (C=O) groups excluding carboxylic acids is 2. The number of hydrogen-bond acceptors (Lipinski definition) is 8. The van der Waals surface area contributed by atoms with Gasteiger partial charge in [-0.05, 0) is 64.2 Å². The van der Waals surface area contributed by atoms with E-state index in [0.29, 0.717) is 17.4 Å². The summed E-state index contributed by atoms with van der Waals surface area (Å²) in [6.07, 6.45) is 42.0. The number of likely N-dealkylation sites (N-methyl/N-ethyl adjacent to an activating group) is 1. The summed E-state index contributed by atoms with van der Waals surface area (Å²) in [5.41, 5.74) is 0. The van der Waals surface area contributed by atoms with Crippen molar-refractivity contribution in [2.75, 3.05) is 47.5 Å². The van der Waals surface area contributed by atoms with Crippen molar-refractivity contribution in [2.45, 2.75) is 213 Å². The zero-order valence-electron chi connectivity index (χ0n) is 37.1. The number of phosphoric acid groups is 1. The van der Waals surface area contributed by atoms with E-state index in [4.69, 9.17) is 18.5 Å². The molecule has 0 saturated heterocycles. The summed E-state index contributed by atoms with van der Waals surface area (Å²) in [6.45, 7) is 4.22. The van der Waals surface area contributed by atoms with Crippen molar-refractivity contribution in [1.82, 2.24) is 0 Å². The Balaban J connectivity index is 4.35. The quantitative estimate of drug-likeness (QED) is 0.0197. The minimum atomic E-state index is -4.63. The lowest BCUT2D eigenvalue weighted by Crippen LogP contribution is -2.37. The molecule has 0 amide bonds. The average Bonchev–Trinajstić information content (AvgIpc) is 3.15. The van der Waals surface area contributed by atoms with E-state index in [1.807, 2.05) is 21.1 Å². The smallest absolute Gasteiger partial charge is 0.306 e. The highest BCUT2D eigenvalue weighted by Gasteiger charge is 2.21. The van der Waals surface area contributed by atoms with E-state index >= 15 is 0 Å². The van der Waals surface area contributed by atoms with E-state index in [2.05, 4.69) is 38.2 Å². The second-order valence-electron chi connectivity index (χ2n) is 16.8. The van der Waals surface area contributed by atoms with Crippen molar-refractivity contribution < 1.29 is 42.1 Å². The van der Waals surface area contributed by atoms with Crippen molar-refractivity contribution in [3.05, 3.63) is 24.3 Å². The third-order valence-electron chi connectivity index (χ3n) is 9.94. The first-order valence-corrected chi connectivity index (χ1v) is 24.5. The maximum Gasteiger partial charge on any atom is 0.306 e. The van der Waals surface area contributed by atoms with Crippen LogP contribution < -0.4 is 4.89 Å². The molecule has 0 aliphatic heterocycles. The van der Waals surface area contributed by atoms with Gasteiger partial charge in [0.2, 0.25) is 0 Å². The first kappa shape index (κ1) is 54.5. The van der Waals surface area contributed by atoms with E-state index in [1.165, 1.54) is 103 Å². The molecule has 0 aromatic rings. The maximum atomic E-state index is 12.7. The molecule has 0 radical (unpaired) electrons. The van der Waals surface area contributed by atoms with Crippen LogP contribution in [-0.4, -0.2) is 70.0 Å². The Morgan fingerprint density at radius 2 is 0.911 bits per heavy atom. The van der Waals surface area contributed by atoms with E-state index in [1.54, 1.807) is 0 Å². The van der Waals surface area contributed by atoms with Gasteiger partial charge in [0.25, 0.3) is 7.82 Å². The van der Waals surface area contributed by atoms with Crippen LogP contribution in [0, 0.1) is 0 Å². The van der Waals surface area contributed by atoms with E-state index in [-0.39, 0.29) is 26.1 Å². The summed E-state index contributed by atoms with van der Waals surface area (Å²) in [5.74, 6) is -0.848. The van der Waals surface area contributed by atoms with Gasteiger partial charge in [-0.3, -0.25) is 14.2 Å². The molecule has 0 spiro atoms. The van der Waals surface area contributed by atoms with Gasteiger partial charge in [-0.2, -0.15) is 0 Å². The second-order valence-corrected chi connectivity index (χ2v) is 18.2. The van der Waals surface area contributed by atoms with Crippen molar-refractivity contribution in [3.63, 3.8) is 0 Å². The number of unbranched alkanes of at least 4 members (excludes halogenated alkanes) is 24. The van der Waals surface area contributed by atoms with Crippen molar-refractivity contribution >= 4 is 19.8 Å². The largest absolute Gasteiger partial charge is 0.756 e. The van der Waals surface area contributed by atoms with Crippen LogP contribution in [0.3, 0.4) is 0 Å². The van der Waals surface area contributed by atoms with Crippen LogP contribution >= 0.6 is 7.82 Å². The predicted molar refractivity (Wildman–Crippen MR) is 231 cm³/mol. The maximum absolute atomic E-state index is 12.7. The average molecular weight is 814 g/mol. The monoisotopic (exact) mass is 814 g/mol. The molecular weight excluding hydrogens is 725 g/mol. The molecule has 56 heavy (non-hydrogen) atoms. The summed E-state index contributed by atoms with van der Waals surface area (Å²) >= 11 is 0. The fourth-order valence-corrected chi connectivity index (χ4v) is 7.02. The second kappa shape index (κ2) is 39.0. The van der Waals surface area contributed by atoms with Crippen LogP contribution in [0.2, 0.25) is 0 Å². The van der Waals surface area contributed by atoms with Gasteiger partial charge < -0.3 is 27.9 Å². The van der Waals surface area contributed by atoms with E-state index < -0.39 is 32.5 Å². The highest BCUT2D eigenvalue weighted by Crippen LogP contribution is 2.38. The molecule has 0 bridgehead atoms. The highest BCUT2D eigenvalue weighted by molar-refractivity contribution is 7.45. The zero-order chi connectivity index (χ0) is 41.4. The van der Waals surface area contributed by atoms with Crippen LogP contribution in [0.4, 0.5) is 0 Å². The molecule has 0 N–H and O–H groups in total. The predicted octanol–water partition coefficient (Wildman–Crippen LogP) is 12.5. The Bertz CT molecular complexity index is 1010. The molecule has 0 heterocycles. The normalized spacial score (nSPS) is 13.8. The highest BCUT2D eigenvalue weighted by atomic mass is 31.2. The van der Waals surface area contributed by atoms with Gasteiger partial charge in [-0.1, -0.05) is 154 Å². The number of nitrogens with zero attached hydrogens (tertiary/aromatic N) is 1. The minimum absolute atomic E-state index is 0.0325. The van der Waals surface area contributed by atoms with Crippen molar-refractivity contribution in [3.8, 4) is 0 Å². The number of phosphoric ester groups is 1. The lowest BCUT2D eigenvalue weighted by Gasteiger charge is -2.28. The summed E-state index contributed by atoms with van der Waals surface area (Å²) in [5, 5.41) is 0. The van der Waals surface area contributed by atoms with E-state index in [0.717, 1.165) is 70.6 Å². The first-order valence-electron chi connectivity index (χ1n) is 23.0. The molecule has 0 aliphatic carbocycles. The topological polar surface area (TPSA) is 111 Å². The van der Waals surface area contributed by atoms with Gasteiger partial charge in [0.05, 0.1) is 27.7 Å². The Hall–Kier alpha value is -1.51. The Labute approximate surface area is 345 Å². The molecule has 9 nitrogen and oxygen atoms in total. The zero-order valence-corrected chi connectivity index (χ0v) is 38.0. The van der Waals surface area contributed by atoms with Crippen LogP contribution in [0.25, 0.3) is 0 Å². The number of ether oxygens (including phenoxy) is 2. The number of carbonyl (C=O) groups is 2. The summed E-state index contributed by atoms with van der Waals surface area (Å²) < 4.78 is 33.9. The molecule has 0 aromatic heterocycles. The fraction of sp³-hybridized carbons (Fsp3) is 0.870. The molecule has 2 atom stereocenters. The van der Waals surface area contributed by atoms with Gasteiger partial charge in [-0.15, -0.1) is 0 Å². The lowest BCUT2D eigenvalue weighted by molar-refractivity contribution is -0.870. The number of hydrogen-bond donors (Lipinski definition) is 0. The molecule has 330 valence electrons. The number of rotatable bonds is 42. The Morgan fingerprint density at radius 3 is 1.32 bits per heavy atom. The Kier molecular flexibility index (Phi) is 37.9. The summed E-state index contributed by atoms with van der Waals surface area (Å²) in [6, 6.07) is 0. The first-order chi connectivity index (χ1) is 27.0. The van der Waals surface area contributed by atoms with Crippen LogP contribution in [-0.2, 0) is 32.7 Å². The van der Waals surface area contributed by atoms with Gasteiger partial charge in [0.1, 0.15) is 19.8 Å². The van der Waals surface area contributed by atoms with Crippen molar-refractivity contribution in [1.29, 1.82) is 0 Å². The van der Waals surface area contributed by atoms with E-state index in [9.17, 15) is 19.0 Å². The summed E-state index contributed by atoms with van der Waals surface area (Å²) in [4.78, 5) is 37.6. The van der Waals surface area contributed by atoms with Crippen LogP contribution in [0.5, 0.6) is 0 Å². The SMILES string of the molecule is CCCCCCCCC/C=C\CCCCCCCC(=O)OC[C@H](COP(=O)([O-])OCC[N+](C)(C)C)OC(=O)CCCCCCC/C=C\CCCCCCCCC. The molecule has 1 unspecified atom stereocenters. The van der Waals surface area contributed by atoms with Gasteiger partial charge in [0.15, 0.2) is 6.10 Å². The lowest BCUT2D eigenvalue weighted by atomic mass is 10.1. The van der Waals surface area contributed by atoms with Gasteiger partial charge in [0, 0.05) is 12.8 Å². The van der Waals surface area contributed by atoms with Gasteiger partial charge in [-0.25, -0.2) is 0 Å². The van der Waals surface area contributed by atoms with Crippen molar-refractivity contribution in [2.24, 2.45) is 0 Å². The molecular formula is C46H88NO8P. The van der Waals surface area contributed by atoms with Gasteiger partial charge >= 0.3 is 11.9 Å². The Morgan fingerprint density at radius 1 is 0.536 bits per heavy atom. The van der Waals surface area contributed by atoms with Crippen LogP contribution in [0.1, 0.15) is 206 Å². The summed E-state index contributed by atoms with van der Waals surface area (Å²) in [7, 11) is 1.16. The minimum Gasteiger partial charge on any atom is -0.756 e. The molecule has 0 aliphatic rings. The number of quaternary nitrogens is 1. The fourth-order valence-electron chi connectivity index (χ4n) is 6.29. The molecule has 0 aromatic carbocycles. The van der Waals surface area contributed by atoms with Crippen LogP contribution in [0.15, 0.2) is 24.3 Å². The third kappa shape index (κ3) is 42.1. The number of allylic oxidation sites excluding steroid dienone is 4. The standard InChI is InChI=1S/C46H88NO8P/c1-6-8-10-12-14-16-18-20-22-24-26-28-30-32-34-36-38-45(48)52-42-44(43-54-56(50,51)53-41-40-47(3,4)5)55-46(49)39-37-35-33-31-29-27-25-23-21-19-17-15-13-11-9-7-2/h22-25,44H,6-21,26-43H2,1-5H3/b24-22-,25-23-/t44-/m1/s1. The third-order valence-corrected chi connectivity index (χ3v) is 10.9. The number of esters is 2. The molecule has 10 heteroatoms.